The summed E-state index contributed by atoms with van der Waals surface area (Å²) in [5, 5.41) is 10.5. The van der Waals surface area contributed by atoms with Crippen molar-refractivity contribution in [3.63, 3.8) is 0 Å². The number of rotatable bonds is 5. The van der Waals surface area contributed by atoms with Crippen LogP contribution in [0.4, 0.5) is 0 Å². The summed E-state index contributed by atoms with van der Waals surface area (Å²) < 4.78 is 6.10. The van der Waals surface area contributed by atoms with Gasteiger partial charge in [-0.25, -0.2) is 0 Å². The largest absolute Gasteiger partial charge is 0.510 e. The first kappa shape index (κ1) is 21.1. The minimum atomic E-state index is -0.625. The molecule has 2 aliphatic heterocycles. The topological polar surface area (TPSA) is 53.0 Å². The number of hydrogen-bond acceptors (Lipinski definition) is 4. The molecule has 2 aromatic rings. The molecule has 1 N–H and O–H groups in total. The molecule has 1 amide bonds. The van der Waals surface area contributed by atoms with Crippen molar-refractivity contribution >= 4 is 23.6 Å². The molecule has 2 atom stereocenters. The lowest BCUT2D eigenvalue weighted by molar-refractivity contribution is -0.139. The number of allylic oxidation sites excluding steroid dienone is 2. The smallest absolute Gasteiger partial charge is 0.264 e. The Kier molecular flexibility index (Phi) is 6.33. The van der Waals surface area contributed by atoms with Crippen LogP contribution in [0.1, 0.15) is 23.6 Å². The van der Waals surface area contributed by atoms with Gasteiger partial charge in [0.2, 0.25) is 0 Å². The number of halogens is 1. The maximum Gasteiger partial charge on any atom is 0.264 e. The highest BCUT2D eigenvalue weighted by molar-refractivity contribution is 6.30. The number of benzene rings is 2. The zero-order chi connectivity index (χ0) is 21.8. The lowest BCUT2D eigenvalue weighted by atomic mass is 10.0. The van der Waals surface area contributed by atoms with Gasteiger partial charge in [-0.05, 0) is 42.1 Å². The van der Waals surface area contributed by atoms with Crippen molar-refractivity contribution in [3.05, 3.63) is 94.9 Å². The summed E-state index contributed by atoms with van der Waals surface area (Å²) in [6.45, 7) is 0.966. The van der Waals surface area contributed by atoms with Gasteiger partial charge >= 0.3 is 0 Å². The van der Waals surface area contributed by atoms with E-state index in [0.717, 1.165) is 11.1 Å². The fraction of sp³-hybridized carbons (Fsp3) is 0.240. The van der Waals surface area contributed by atoms with E-state index in [1.165, 1.54) is 0 Å². The average molecular weight is 437 g/mol. The molecule has 0 radical (unpaired) electrons. The number of ether oxygens (including phenoxy) is 1. The summed E-state index contributed by atoms with van der Waals surface area (Å²) in [4.78, 5) is 17.2. The summed E-state index contributed by atoms with van der Waals surface area (Å²) in [6.07, 6.45) is 9.16. The molecule has 0 aliphatic carbocycles. The van der Waals surface area contributed by atoms with Gasteiger partial charge in [0.25, 0.3) is 5.91 Å². The zero-order valence-electron chi connectivity index (χ0n) is 17.3. The van der Waals surface area contributed by atoms with E-state index in [1.54, 1.807) is 23.1 Å². The molecule has 0 saturated carbocycles. The SMILES string of the molecule is CN(C(=O)C1CC=Cc2cc(Cl)ccc2O1)C(CN1C=CC=C(O)C1)c1ccccc1. The van der Waals surface area contributed by atoms with Crippen molar-refractivity contribution < 1.29 is 14.6 Å². The number of aliphatic hydroxyl groups is 1. The second-order valence-electron chi connectivity index (χ2n) is 7.73. The van der Waals surface area contributed by atoms with E-state index < -0.39 is 6.10 Å². The van der Waals surface area contributed by atoms with Crippen LogP contribution in [0.2, 0.25) is 5.02 Å². The Morgan fingerprint density at radius 1 is 1.29 bits per heavy atom. The molecule has 2 aliphatic rings. The van der Waals surface area contributed by atoms with E-state index in [-0.39, 0.29) is 11.9 Å². The summed E-state index contributed by atoms with van der Waals surface area (Å²) >= 11 is 6.10. The third-order valence-corrected chi connectivity index (χ3v) is 5.76. The van der Waals surface area contributed by atoms with Gasteiger partial charge in [-0.15, -0.1) is 0 Å². The minimum absolute atomic E-state index is 0.0953. The van der Waals surface area contributed by atoms with Crippen LogP contribution in [0.15, 0.2) is 78.7 Å². The van der Waals surface area contributed by atoms with E-state index in [9.17, 15) is 9.90 Å². The van der Waals surface area contributed by atoms with Crippen LogP contribution < -0.4 is 4.74 Å². The van der Waals surface area contributed by atoms with Crippen LogP contribution in [0, 0.1) is 0 Å². The van der Waals surface area contributed by atoms with Crippen LogP contribution >= 0.6 is 11.6 Å². The normalized spacial score (nSPS) is 18.5. The first-order chi connectivity index (χ1) is 15.0. The van der Waals surface area contributed by atoms with Gasteiger partial charge in [-0.3, -0.25) is 4.79 Å². The average Bonchev–Trinajstić information content (AvgIpc) is 2.99. The number of carbonyl (C=O) groups is 1. The lowest BCUT2D eigenvalue weighted by Crippen LogP contribution is -2.44. The Morgan fingerprint density at radius 2 is 2.10 bits per heavy atom. The Hall–Kier alpha value is -3.18. The van der Waals surface area contributed by atoms with Gasteiger partial charge < -0.3 is 19.6 Å². The first-order valence-corrected chi connectivity index (χ1v) is 10.6. The van der Waals surface area contributed by atoms with E-state index >= 15 is 0 Å². The minimum Gasteiger partial charge on any atom is -0.510 e. The lowest BCUT2D eigenvalue weighted by Gasteiger charge is -2.35. The quantitative estimate of drug-likeness (QED) is 0.718. The summed E-state index contributed by atoms with van der Waals surface area (Å²) in [5.41, 5.74) is 1.89. The van der Waals surface area contributed by atoms with Crippen LogP contribution in [0.25, 0.3) is 6.08 Å². The van der Waals surface area contributed by atoms with Crippen LogP contribution in [0.5, 0.6) is 5.75 Å². The molecule has 160 valence electrons. The van der Waals surface area contributed by atoms with Crippen molar-refractivity contribution in [1.29, 1.82) is 0 Å². The highest BCUT2D eigenvalue weighted by Gasteiger charge is 2.31. The first-order valence-electron chi connectivity index (χ1n) is 10.3. The third-order valence-electron chi connectivity index (χ3n) is 5.52. The van der Waals surface area contributed by atoms with Gasteiger partial charge in [0.15, 0.2) is 6.10 Å². The van der Waals surface area contributed by atoms with Crippen molar-refractivity contribution in [2.45, 2.75) is 18.6 Å². The molecule has 2 unspecified atom stereocenters. The molecular weight excluding hydrogens is 412 g/mol. The second kappa shape index (κ2) is 9.31. The van der Waals surface area contributed by atoms with Gasteiger partial charge in [-0.2, -0.15) is 0 Å². The molecule has 2 heterocycles. The van der Waals surface area contributed by atoms with Crippen molar-refractivity contribution in [2.75, 3.05) is 20.1 Å². The Morgan fingerprint density at radius 3 is 2.87 bits per heavy atom. The van der Waals surface area contributed by atoms with Gasteiger partial charge in [0.1, 0.15) is 11.5 Å². The zero-order valence-corrected chi connectivity index (χ0v) is 18.1. The number of fused-ring (bicyclic) bond motifs is 1. The number of amides is 1. The van der Waals surface area contributed by atoms with Crippen LogP contribution in [0.3, 0.4) is 0 Å². The van der Waals surface area contributed by atoms with Crippen LogP contribution in [-0.2, 0) is 4.79 Å². The summed E-state index contributed by atoms with van der Waals surface area (Å²) in [7, 11) is 1.81. The van der Waals surface area contributed by atoms with Crippen molar-refractivity contribution in [1.82, 2.24) is 9.80 Å². The third kappa shape index (κ3) is 4.94. The predicted octanol–water partition coefficient (Wildman–Crippen LogP) is 4.98. The molecule has 0 spiro atoms. The second-order valence-corrected chi connectivity index (χ2v) is 8.17. The molecule has 5 nitrogen and oxygen atoms in total. The van der Waals surface area contributed by atoms with Crippen molar-refractivity contribution in [2.24, 2.45) is 0 Å². The Bertz CT molecular complexity index is 1030. The highest BCUT2D eigenvalue weighted by Crippen LogP contribution is 2.30. The van der Waals surface area contributed by atoms with E-state index in [2.05, 4.69) is 0 Å². The fourth-order valence-corrected chi connectivity index (χ4v) is 4.05. The molecule has 4 rings (SSSR count). The number of likely N-dealkylation sites (N-methyl/N-ethyl adjacent to an activating group) is 1. The summed E-state index contributed by atoms with van der Waals surface area (Å²) in [5.74, 6) is 0.855. The van der Waals surface area contributed by atoms with E-state index in [4.69, 9.17) is 16.3 Å². The molecule has 0 fully saturated rings. The number of hydrogen-bond donors (Lipinski definition) is 1. The molecule has 0 bridgehead atoms. The van der Waals surface area contributed by atoms with Gasteiger partial charge in [0, 0.05) is 30.6 Å². The molecule has 6 heteroatoms. The Balaban J connectivity index is 1.56. The molecule has 2 aromatic carbocycles. The maximum absolute atomic E-state index is 13.5. The number of carbonyl (C=O) groups excluding carboxylic acids is 1. The molecular formula is C25H25ClN2O3. The number of aliphatic hydroxyl groups excluding tert-OH is 1. The standard InChI is InChI=1S/C25H25ClN2O3/c1-27(25(30)24-11-5-9-19-15-20(26)12-13-23(19)31-24)22(18-7-3-2-4-8-18)17-28-14-6-10-21(29)16-28/h2-10,12-15,22,24,29H,11,16-17H2,1H3. The van der Waals surface area contributed by atoms with Crippen LogP contribution in [-0.4, -0.2) is 47.1 Å². The molecule has 0 saturated heterocycles. The summed E-state index contributed by atoms with van der Waals surface area (Å²) in [6, 6.07) is 15.1. The highest BCUT2D eigenvalue weighted by atomic mass is 35.5. The van der Waals surface area contributed by atoms with Gasteiger partial charge in [-0.1, -0.05) is 54.1 Å². The molecule has 31 heavy (non-hydrogen) atoms. The maximum atomic E-state index is 13.5. The molecule has 0 aromatic heterocycles. The predicted molar refractivity (Wildman–Crippen MR) is 123 cm³/mol. The van der Waals surface area contributed by atoms with E-state index in [1.807, 2.05) is 72.8 Å². The van der Waals surface area contributed by atoms with Gasteiger partial charge in [0.05, 0.1) is 12.6 Å². The number of nitrogens with zero attached hydrogens (tertiary/aromatic N) is 2. The Labute approximate surface area is 187 Å². The van der Waals surface area contributed by atoms with Crippen molar-refractivity contribution in [3.8, 4) is 5.75 Å². The fourth-order valence-electron chi connectivity index (χ4n) is 3.87. The van der Waals surface area contributed by atoms with E-state index in [0.29, 0.717) is 36.0 Å². The monoisotopic (exact) mass is 436 g/mol.